The molecule has 0 spiro atoms. The van der Waals surface area contributed by atoms with Crippen LogP contribution in [0.2, 0.25) is 0 Å². The van der Waals surface area contributed by atoms with Gasteiger partial charge in [-0.15, -0.1) is 0 Å². The number of aliphatic imine (C=N–C) groups is 1. The van der Waals surface area contributed by atoms with Gasteiger partial charge in [-0.05, 0) is 17.7 Å². The van der Waals surface area contributed by atoms with Crippen molar-refractivity contribution in [1.82, 2.24) is 4.90 Å². The van der Waals surface area contributed by atoms with Gasteiger partial charge in [0.25, 0.3) is 5.91 Å². The van der Waals surface area contributed by atoms with Crippen molar-refractivity contribution in [2.75, 3.05) is 18.6 Å². The van der Waals surface area contributed by atoms with Crippen molar-refractivity contribution < 1.29 is 17.9 Å². The Morgan fingerprint density at radius 3 is 2.60 bits per heavy atom. The van der Waals surface area contributed by atoms with E-state index in [1.54, 1.807) is 7.11 Å². The standard InChI is InChI=1S/C17H22N2O4S2/c1-11(2)16(20)18-17-19(8-12-4-6-13(23-3)7-5-12)14-9-25(21,22)10-15(14)24-17/h4-7,11,14-15H,8-10H2,1-3H3/t14-,15-/m1/s1. The molecule has 0 radical (unpaired) electrons. The van der Waals surface area contributed by atoms with Gasteiger partial charge in [-0.1, -0.05) is 37.7 Å². The fourth-order valence-corrected chi connectivity index (χ4v) is 6.93. The van der Waals surface area contributed by atoms with Crippen molar-refractivity contribution in [1.29, 1.82) is 0 Å². The zero-order valence-electron chi connectivity index (χ0n) is 14.5. The van der Waals surface area contributed by atoms with Crippen molar-refractivity contribution in [3.8, 4) is 5.75 Å². The van der Waals surface area contributed by atoms with Gasteiger partial charge >= 0.3 is 0 Å². The maximum atomic E-state index is 12.1. The summed E-state index contributed by atoms with van der Waals surface area (Å²) in [6.45, 7) is 4.15. The molecule has 1 amide bonds. The van der Waals surface area contributed by atoms with Gasteiger partial charge in [-0.3, -0.25) is 4.79 Å². The summed E-state index contributed by atoms with van der Waals surface area (Å²) in [5, 5.41) is 0.585. The number of thioether (sulfide) groups is 1. The second-order valence-corrected chi connectivity index (χ2v) is 10.0. The summed E-state index contributed by atoms with van der Waals surface area (Å²) in [5.41, 5.74) is 1.02. The van der Waals surface area contributed by atoms with E-state index >= 15 is 0 Å². The molecular formula is C17H22N2O4S2. The van der Waals surface area contributed by atoms with Gasteiger partial charge in [0.1, 0.15) is 5.75 Å². The van der Waals surface area contributed by atoms with Crippen molar-refractivity contribution in [2.24, 2.45) is 10.9 Å². The fraction of sp³-hybridized carbons (Fsp3) is 0.529. The first-order chi connectivity index (χ1) is 11.8. The number of carbonyl (C=O) groups excluding carboxylic acids is 1. The van der Waals surface area contributed by atoms with Crippen LogP contribution < -0.4 is 4.74 Å². The maximum absolute atomic E-state index is 12.1. The number of sulfone groups is 1. The average Bonchev–Trinajstić information content (AvgIpc) is 3.01. The summed E-state index contributed by atoms with van der Waals surface area (Å²) < 4.78 is 29.2. The Hall–Kier alpha value is -1.54. The second kappa shape index (κ2) is 6.99. The second-order valence-electron chi connectivity index (χ2n) is 6.66. The number of benzene rings is 1. The van der Waals surface area contributed by atoms with Crippen molar-refractivity contribution in [3.63, 3.8) is 0 Å². The molecule has 1 aromatic rings. The molecule has 1 aromatic carbocycles. The molecule has 0 saturated carbocycles. The van der Waals surface area contributed by atoms with E-state index in [0.717, 1.165) is 11.3 Å². The molecule has 2 aliphatic heterocycles. The SMILES string of the molecule is COc1ccc(CN2C(=NC(=O)C(C)C)S[C@@H]3CS(=O)(=O)C[C@H]32)cc1. The van der Waals surface area contributed by atoms with Crippen LogP contribution in [-0.4, -0.2) is 54.3 Å². The van der Waals surface area contributed by atoms with Crippen molar-refractivity contribution in [2.45, 2.75) is 31.7 Å². The summed E-state index contributed by atoms with van der Waals surface area (Å²) in [5.74, 6) is 0.682. The lowest BCUT2D eigenvalue weighted by molar-refractivity contribution is -0.120. The molecule has 0 bridgehead atoms. The lowest BCUT2D eigenvalue weighted by Crippen LogP contribution is -2.37. The Kier molecular flexibility index (Phi) is 5.11. The van der Waals surface area contributed by atoms with Crippen LogP contribution in [0.5, 0.6) is 5.75 Å². The highest BCUT2D eigenvalue weighted by Crippen LogP contribution is 2.39. The lowest BCUT2D eigenvalue weighted by Gasteiger charge is -2.24. The van der Waals surface area contributed by atoms with E-state index in [1.165, 1.54) is 11.8 Å². The van der Waals surface area contributed by atoms with E-state index in [9.17, 15) is 13.2 Å². The number of nitrogens with zero attached hydrogens (tertiary/aromatic N) is 2. The monoisotopic (exact) mass is 382 g/mol. The number of methoxy groups -OCH3 is 1. The Labute approximate surface area is 152 Å². The summed E-state index contributed by atoms with van der Waals surface area (Å²) in [6, 6.07) is 7.51. The number of amides is 1. The number of fused-ring (bicyclic) bond motifs is 1. The molecule has 2 aliphatic rings. The Morgan fingerprint density at radius 2 is 2.00 bits per heavy atom. The number of hydrogen-bond acceptors (Lipinski definition) is 5. The molecule has 2 heterocycles. The largest absolute Gasteiger partial charge is 0.497 e. The van der Waals surface area contributed by atoms with Gasteiger partial charge in [0.05, 0.1) is 24.7 Å². The molecule has 136 valence electrons. The Bertz CT molecular complexity index is 787. The molecule has 25 heavy (non-hydrogen) atoms. The fourth-order valence-electron chi connectivity index (χ4n) is 2.97. The van der Waals surface area contributed by atoms with Crippen LogP contribution in [0.4, 0.5) is 0 Å². The van der Waals surface area contributed by atoms with Crippen LogP contribution in [0.3, 0.4) is 0 Å². The highest BCUT2D eigenvalue weighted by Gasteiger charge is 2.48. The first kappa shape index (κ1) is 18.3. The minimum absolute atomic E-state index is 0.0537. The van der Waals surface area contributed by atoms with E-state index in [2.05, 4.69) is 4.99 Å². The van der Waals surface area contributed by atoms with Gasteiger partial charge in [0.15, 0.2) is 15.0 Å². The third-order valence-corrected chi connectivity index (χ3v) is 7.63. The smallest absolute Gasteiger partial charge is 0.250 e. The highest BCUT2D eigenvalue weighted by atomic mass is 32.2. The van der Waals surface area contributed by atoms with Gasteiger partial charge in [-0.2, -0.15) is 4.99 Å². The average molecular weight is 383 g/mol. The van der Waals surface area contributed by atoms with Crippen LogP contribution in [0.15, 0.2) is 29.3 Å². The van der Waals surface area contributed by atoms with Crippen molar-refractivity contribution >= 4 is 32.7 Å². The van der Waals surface area contributed by atoms with E-state index in [0.29, 0.717) is 11.7 Å². The summed E-state index contributed by atoms with van der Waals surface area (Å²) in [7, 11) is -1.42. The Balaban J connectivity index is 1.87. The lowest BCUT2D eigenvalue weighted by atomic mass is 10.1. The molecular weight excluding hydrogens is 360 g/mol. The number of rotatable bonds is 4. The molecule has 0 N–H and O–H groups in total. The first-order valence-corrected chi connectivity index (χ1v) is 10.9. The normalized spacial score (nSPS) is 26.2. The van der Waals surface area contributed by atoms with Crippen molar-refractivity contribution in [3.05, 3.63) is 29.8 Å². The van der Waals surface area contributed by atoms with Crippen LogP contribution in [0.25, 0.3) is 0 Å². The molecule has 6 nitrogen and oxygen atoms in total. The molecule has 0 aliphatic carbocycles. The zero-order chi connectivity index (χ0) is 18.2. The molecule has 2 saturated heterocycles. The van der Waals surface area contributed by atoms with E-state index in [-0.39, 0.29) is 34.6 Å². The highest BCUT2D eigenvalue weighted by molar-refractivity contribution is 8.15. The molecule has 2 fully saturated rings. The zero-order valence-corrected chi connectivity index (χ0v) is 16.1. The molecule has 0 unspecified atom stereocenters. The third kappa shape index (κ3) is 4.00. The van der Waals surface area contributed by atoms with Crippen LogP contribution in [0.1, 0.15) is 19.4 Å². The van der Waals surface area contributed by atoms with Gasteiger partial charge in [-0.25, -0.2) is 8.42 Å². The number of carbonyl (C=O) groups is 1. The van der Waals surface area contributed by atoms with Gasteiger partial charge < -0.3 is 9.64 Å². The molecule has 8 heteroatoms. The number of amidine groups is 1. The Morgan fingerprint density at radius 1 is 1.32 bits per heavy atom. The molecule has 2 atom stereocenters. The van der Waals surface area contributed by atoms with E-state index in [1.807, 2.05) is 43.0 Å². The summed E-state index contributed by atoms with van der Waals surface area (Å²) >= 11 is 1.42. The molecule has 0 aromatic heterocycles. The first-order valence-electron chi connectivity index (χ1n) is 8.18. The van der Waals surface area contributed by atoms with E-state index < -0.39 is 9.84 Å². The predicted molar refractivity (Wildman–Crippen MR) is 99.6 cm³/mol. The van der Waals surface area contributed by atoms with E-state index in [4.69, 9.17) is 4.74 Å². The minimum atomic E-state index is -3.03. The van der Waals surface area contributed by atoms with Crippen LogP contribution in [0, 0.1) is 5.92 Å². The quantitative estimate of drug-likeness (QED) is 0.792. The van der Waals surface area contributed by atoms with Crippen LogP contribution >= 0.6 is 11.8 Å². The predicted octanol–water partition coefficient (Wildman–Crippen LogP) is 1.95. The van der Waals surface area contributed by atoms with Gasteiger partial charge in [0.2, 0.25) is 0 Å². The van der Waals surface area contributed by atoms with Gasteiger partial charge in [0, 0.05) is 17.7 Å². The number of hydrogen-bond donors (Lipinski definition) is 0. The molecule has 3 rings (SSSR count). The minimum Gasteiger partial charge on any atom is -0.497 e. The summed E-state index contributed by atoms with van der Waals surface area (Å²) in [4.78, 5) is 18.3. The summed E-state index contributed by atoms with van der Waals surface area (Å²) in [6.07, 6.45) is 0. The third-order valence-electron chi connectivity index (χ3n) is 4.39. The van der Waals surface area contributed by atoms with Crippen LogP contribution in [-0.2, 0) is 21.2 Å². The topological polar surface area (TPSA) is 76.0 Å². The maximum Gasteiger partial charge on any atom is 0.250 e. The number of ether oxygens (including phenoxy) is 1.